The van der Waals surface area contributed by atoms with E-state index >= 15 is 0 Å². The van der Waals surface area contributed by atoms with Gasteiger partial charge in [-0.05, 0) is 46.5 Å². The van der Waals surface area contributed by atoms with Gasteiger partial charge in [0.15, 0.2) is 0 Å². The quantitative estimate of drug-likeness (QED) is 0.823. The normalized spacial score (nSPS) is 23.5. The van der Waals surface area contributed by atoms with E-state index in [4.69, 9.17) is 4.74 Å². The molecule has 2 rings (SSSR count). The number of likely N-dealkylation sites (tertiary alicyclic amines) is 1. The first kappa shape index (κ1) is 13.7. The number of nitrogens with one attached hydrogen (secondary N) is 1. The fourth-order valence-corrected chi connectivity index (χ4v) is 2.60. The number of alkyl carbamates (subject to hydrolysis) is 1. The molecule has 4 nitrogen and oxygen atoms in total. The highest BCUT2D eigenvalue weighted by molar-refractivity contribution is 5.68. The Morgan fingerprint density at radius 2 is 1.78 bits per heavy atom. The molecule has 0 atom stereocenters. The molecule has 1 saturated heterocycles. The van der Waals surface area contributed by atoms with E-state index in [1.807, 2.05) is 20.8 Å². The summed E-state index contributed by atoms with van der Waals surface area (Å²) in [6.45, 7) is 8.06. The van der Waals surface area contributed by atoms with Crippen molar-refractivity contribution in [3.8, 4) is 0 Å². The average molecular weight is 254 g/mol. The molecule has 1 N–H and O–H groups in total. The summed E-state index contributed by atoms with van der Waals surface area (Å²) >= 11 is 0. The summed E-state index contributed by atoms with van der Waals surface area (Å²) in [5.74, 6) is 0. The van der Waals surface area contributed by atoms with Crippen LogP contribution < -0.4 is 5.32 Å². The van der Waals surface area contributed by atoms with E-state index < -0.39 is 0 Å². The van der Waals surface area contributed by atoms with Gasteiger partial charge in [-0.1, -0.05) is 6.42 Å². The molecule has 18 heavy (non-hydrogen) atoms. The van der Waals surface area contributed by atoms with Crippen molar-refractivity contribution in [2.24, 2.45) is 0 Å². The Morgan fingerprint density at radius 3 is 2.22 bits per heavy atom. The summed E-state index contributed by atoms with van der Waals surface area (Å²) in [6, 6.07) is 0.814. The summed E-state index contributed by atoms with van der Waals surface area (Å²) in [5.41, 5.74) is -0.219. The summed E-state index contributed by atoms with van der Waals surface area (Å²) in [4.78, 5) is 14.2. The van der Waals surface area contributed by atoms with Gasteiger partial charge < -0.3 is 15.0 Å². The zero-order valence-electron chi connectivity index (χ0n) is 11.9. The maximum Gasteiger partial charge on any atom is 0.407 e. The number of carbonyl (C=O) groups is 1. The first-order valence-electron chi connectivity index (χ1n) is 7.17. The number of amides is 1. The van der Waals surface area contributed by atoms with Gasteiger partial charge >= 0.3 is 6.09 Å². The number of rotatable bonds is 2. The highest BCUT2D eigenvalue weighted by Crippen LogP contribution is 2.27. The number of hydrogen-bond donors (Lipinski definition) is 1. The summed E-state index contributed by atoms with van der Waals surface area (Å²) in [5, 5.41) is 2.85. The zero-order chi connectivity index (χ0) is 13.2. The number of nitrogens with zero attached hydrogens (tertiary/aromatic N) is 1. The Morgan fingerprint density at radius 1 is 1.17 bits per heavy atom. The van der Waals surface area contributed by atoms with Crippen LogP contribution in [0.25, 0.3) is 0 Å². The molecule has 1 aliphatic heterocycles. The molecule has 0 aromatic carbocycles. The highest BCUT2D eigenvalue weighted by atomic mass is 16.6. The maximum atomic E-state index is 11.7. The third-order valence-corrected chi connectivity index (χ3v) is 3.82. The van der Waals surface area contributed by atoms with Crippen LogP contribution >= 0.6 is 0 Å². The molecule has 0 unspecified atom stereocenters. The predicted molar refractivity (Wildman–Crippen MR) is 71.6 cm³/mol. The van der Waals surface area contributed by atoms with E-state index in [1.165, 1.54) is 19.3 Å². The fourth-order valence-electron chi connectivity index (χ4n) is 2.60. The van der Waals surface area contributed by atoms with E-state index in [0.717, 1.165) is 32.0 Å². The van der Waals surface area contributed by atoms with Crippen LogP contribution in [0.5, 0.6) is 0 Å². The molecule has 0 aromatic heterocycles. The van der Waals surface area contributed by atoms with Crippen LogP contribution in [0, 0.1) is 0 Å². The zero-order valence-corrected chi connectivity index (χ0v) is 11.9. The van der Waals surface area contributed by atoms with Crippen LogP contribution in [0.2, 0.25) is 0 Å². The Bertz CT molecular complexity index is 287. The molecule has 1 amide bonds. The predicted octanol–water partition coefficient (Wildman–Crippen LogP) is 2.53. The molecule has 104 valence electrons. The molecule has 2 aliphatic rings. The largest absolute Gasteiger partial charge is 0.446 e. The lowest BCUT2D eigenvalue weighted by Crippen LogP contribution is -2.48. The third-order valence-electron chi connectivity index (χ3n) is 3.82. The third kappa shape index (κ3) is 3.87. The van der Waals surface area contributed by atoms with Crippen molar-refractivity contribution in [3.05, 3.63) is 0 Å². The minimum atomic E-state index is -0.274. The molecule has 1 heterocycles. The first-order valence-corrected chi connectivity index (χ1v) is 7.17. The Hall–Kier alpha value is -0.770. The van der Waals surface area contributed by atoms with Crippen LogP contribution in [0.1, 0.15) is 52.9 Å². The maximum absolute atomic E-state index is 11.7. The molecule has 1 aliphatic carbocycles. The highest BCUT2D eigenvalue weighted by Gasteiger charge is 2.30. The van der Waals surface area contributed by atoms with Gasteiger partial charge in [-0.3, -0.25) is 0 Å². The van der Waals surface area contributed by atoms with Gasteiger partial charge in [0.05, 0.1) is 0 Å². The van der Waals surface area contributed by atoms with E-state index in [1.54, 1.807) is 0 Å². The lowest BCUT2D eigenvalue weighted by atomic mass is 9.90. The second-order valence-corrected chi connectivity index (χ2v) is 6.60. The molecule has 0 radical (unpaired) electrons. The van der Waals surface area contributed by atoms with Crippen LogP contribution in [0.3, 0.4) is 0 Å². The average Bonchev–Trinajstić information content (AvgIpc) is 2.15. The van der Waals surface area contributed by atoms with E-state index in [9.17, 15) is 4.79 Å². The Labute approximate surface area is 110 Å². The molecule has 2 fully saturated rings. The molecule has 0 aromatic rings. The smallest absolute Gasteiger partial charge is 0.407 e. The number of carbonyl (C=O) groups excluding carboxylic acids is 1. The van der Waals surface area contributed by atoms with Gasteiger partial charge in [0.1, 0.15) is 6.10 Å². The van der Waals surface area contributed by atoms with Crippen molar-refractivity contribution < 1.29 is 9.53 Å². The standard InChI is InChI=1S/C14H26N2O2/c1-14(2,3)15-13(17)18-12-7-9-16(10-8-12)11-5-4-6-11/h11-12H,4-10H2,1-3H3,(H,15,17). The Balaban J connectivity index is 1.68. The fraction of sp³-hybridized carbons (Fsp3) is 0.929. The molecular weight excluding hydrogens is 228 g/mol. The van der Waals surface area contributed by atoms with Gasteiger partial charge in [0.2, 0.25) is 0 Å². The van der Waals surface area contributed by atoms with Crippen molar-refractivity contribution in [3.63, 3.8) is 0 Å². The summed E-state index contributed by atoms with van der Waals surface area (Å²) in [7, 11) is 0. The minimum Gasteiger partial charge on any atom is -0.446 e. The topological polar surface area (TPSA) is 41.6 Å². The van der Waals surface area contributed by atoms with Gasteiger partial charge in [0, 0.05) is 24.7 Å². The monoisotopic (exact) mass is 254 g/mol. The number of hydrogen-bond acceptors (Lipinski definition) is 3. The number of piperidine rings is 1. The van der Waals surface area contributed by atoms with Gasteiger partial charge in [0.25, 0.3) is 0 Å². The SMILES string of the molecule is CC(C)(C)NC(=O)OC1CCN(C2CCC2)CC1. The van der Waals surface area contributed by atoms with Crippen molar-refractivity contribution in [2.45, 2.75) is 70.6 Å². The van der Waals surface area contributed by atoms with Crippen LogP contribution in [0.4, 0.5) is 4.79 Å². The molecule has 0 spiro atoms. The second kappa shape index (κ2) is 5.47. The van der Waals surface area contributed by atoms with Crippen molar-refractivity contribution in [1.82, 2.24) is 10.2 Å². The summed E-state index contributed by atoms with van der Waals surface area (Å²) in [6.07, 6.45) is 5.89. The lowest BCUT2D eigenvalue weighted by Gasteiger charge is -2.41. The van der Waals surface area contributed by atoms with Gasteiger partial charge in [-0.2, -0.15) is 0 Å². The van der Waals surface area contributed by atoms with Crippen molar-refractivity contribution in [2.75, 3.05) is 13.1 Å². The number of ether oxygens (including phenoxy) is 1. The van der Waals surface area contributed by atoms with Crippen LogP contribution in [-0.4, -0.2) is 41.8 Å². The van der Waals surface area contributed by atoms with Crippen LogP contribution in [-0.2, 0) is 4.74 Å². The van der Waals surface area contributed by atoms with E-state index in [2.05, 4.69) is 10.2 Å². The van der Waals surface area contributed by atoms with Crippen molar-refractivity contribution >= 4 is 6.09 Å². The first-order chi connectivity index (χ1) is 8.44. The minimum absolute atomic E-state index is 0.101. The second-order valence-electron chi connectivity index (χ2n) is 6.60. The lowest BCUT2D eigenvalue weighted by molar-refractivity contribution is 0.0210. The molecule has 4 heteroatoms. The molecular formula is C14H26N2O2. The Kier molecular flexibility index (Phi) is 4.15. The van der Waals surface area contributed by atoms with Crippen LogP contribution in [0.15, 0.2) is 0 Å². The summed E-state index contributed by atoms with van der Waals surface area (Å²) < 4.78 is 5.47. The van der Waals surface area contributed by atoms with Crippen molar-refractivity contribution in [1.29, 1.82) is 0 Å². The van der Waals surface area contributed by atoms with E-state index in [0.29, 0.717) is 0 Å². The molecule has 1 saturated carbocycles. The molecule has 0 bridgehead atoms. The van der Waals surface area contributed by atoms with E-state index in [-0.39, 0.29) is 17.7 Å². The van der Waals surface area contributed by atoms with Gasteiger partial charge in [-0.25, -0.2) is 4.79 Å². The van der Waals surface area contributed by atoms with Gasteiger partial charge in [-0.15, -0.1) is 0 Å².